The molecule has 0 bridgehead atoms. The van der Waals surface area contributed by atoms with Crippen LogP contribution in [0.4, 0.5) is 0 Å². The Balaban J connectivity index is 1.53. The van der Waals surface area contributed by atoms with Gasteiger partial charge in [0.1, 0.15) is 0 Å². The molecule has 0 spiro atoms. The van der Waals surface area contributed by atoms with E-state index in [-0.39, 0.29) is 17.8 Å². The lowest BCUT2D eigenvalue weighted by atomic mass is 10.0. The maximum atomic E-state index is 12.5. The standard InChI is InChI=1S/C23H20N6O2/c1-15-9-17(12-27-23(15)18-5-6-25-16(2)10-18)11-22(30)28-21-4-3-19(14-29(21)31)20-13-24-7-8-26-20/h3-10,12-14,31H,11H2,1-2H3. The Bertz CT molecular complexity index is 1320. The zero-order valence-electron chi connectivity index (χ0n) is 17.1. The molecule has 0 unspecified atom stereocenters. The van der Waals surface area contributed by atoms with Gasteiger partial charge in [-0.2, -0.15) is 9.72 Å². The molecule has 1 N–H and O–H groups in total. The Kier molecular flexibility index (Phi) is 5.61. The third-order valence-electron chi connectivity index (χ3n) is 4.67. The number of aryl methyl sites for hydroxylation is 2. The molecule has 0 atom stereocenters. The average molecular weight is 412 g/mol. The third-order valence-corrected chi connectivity index (χ3v) is 4.67. The molecule has 8 nitrogen and oxygen atoms in total. The van der Waals surface area contributed by atoms with Crippen LogP contribution in [0.1, 0.15) is 16.8 Å². The number of aromatic nitrogens is 5. The van der Waals surface area contributed by atoms with E-state index in [1.807, 2.05) is 32.0 Å². The first-order chi connectivity index (χ1) is 15.0. The minimum absolute atomic E-state index is 0.0788. The zero-order valence-corrected chi connectivity index (χ0v) is 17.1. The van der Waals surface area contributed by atoms with Gasteiger partial charge in [0.05, 0.1) is 30.2 Å². The first-order valence-corrected chi connectivity index (χ1v) is 9.64. The second-order valence-corrected chi connectivity index (χ2v) is 7.09. The number of carbonyl (C=O) groups is 1. The van der Waals surface area contributed by atoms with E-state index in [1.54, 1.807) is 43.1 Å². The van der Waals surface area contributed by atoms with Gasteiger partial charge in [-0.15, -0.1) is 0 Å². The summed E-state index contributed by atoms with van der Waals surface area (Å²) < 4.78 is 0.806. The van der Waals surface area contributed by atoms with Gasteiger partial charge < -0.3 is 5.21 Å². The minimum atomic E-state index is -0.385. The van der Waals surface area contributed by atoms with E-state index in [2.05, 4.69) is 24.9 Å². The first kappa shape index (κ1) is 20.1. The molecule has 4 rings (SSSR count). The lowest BCUT2D eigenvalue weighted by Crippen LogP contribution is -2.20. The summed E-state index contributed by atoms with van der Waals surface area (Å²) in [5.74, 6) is -0.385. The fourth-order valence-electron chi connectivity index (χ4n) is 3.24. The lowest BCUT2D eigenvalue weighted by molar-refractivity contribution is -0.117. The van der Waals surface area contributed by atoms with Crippen molar-refractivity contribution < 1.29 is 10.0 Å². The quantitative estimate of drug-likeness (QED) is 0.517. The van der Waals surface area contributed by atoms with Gasteiger partial charge in [-0.25, -0.2) is 0 Å². The molecule has 0 aromatic carbocycles. The number of carbonyl (C=O) groups excluding carboxylic acids is 1. The smallest absolute Gasteiger partial charge is 0.252 e. The first-order valence-electron chi connectivity index (χ1n) is 9.64. The van der Waals surface area contributed by atoms with Crippen molar-refractivity contribution in [2.75, 3.05) is 0 Å². The number of hydrogen-bond acceptors (Lipinski definition) is 6. The van der Waals surface area contributed by atoms with E-state index in [0.717, 1.165) is 32.8 Å². The van der Waals surface area contributed by atoms with Gasteiger partial charge in [-0.1, -0.05) is 6.07 Å². The highest BCUT2D eigenvalue weighted by Gasteiger charge is 2.09. The SMILES string of the molecule is Cc1cc(-c2ncc(CC(=O)N=c3ccc(-c4cnccn4)cn3O)cc2C)ccn1. The third kappa shape index (κ3) is 4.69. The number of pyridine rings is 3. The molecular weight excluding hydrogens is 392 g/mol. The van der Waals surface area contributed by atoms with Crippen molar-refractivity contribution in [1.82, 2.24) is 24.7 Å². The Hall–Kier alpha value is -4.20. The van der Waals surface area contributed by atoms with Crippen LogP contribution in [-0.4, -0.2) is 35.8 Å². The van der Waals surface area contributed by atoms with Crippen molar-refractivity contribution in [2.45, 2.75) is 20.3 Å². The van der Waals surface area contributed by atoms with Crippen LogP contribution in [0.2, 0.25) is 0 Å². The fourth-order valence-corrected chi connectivity index (χ4v) is 3.24. The summed E-state index contributed by atoms with van der Waals surface area (Å²) in [7, 11) is 0. The number of hydrogen-bond donors (Lipinski definition) is 1. The van der Waals surface area contributed by atoms with E-state index in [4.69, 9.17) is 0 Å². The number of rotatable bonds is 4. The lowest BCUT2D eigenvalue weighted by Gasteiger charge is -2.07. The average Bonchev–Trinajstić information content (AvgIpc) is 2.76. The van der Waals surface area contributed by atoms with Crippen LogP contribution in [-0.2, 0) is 11.2 Å². The predicted octanol–water partition coefficient (Wildman–Crippen LogP) is 2.93. The van der Waals surface area contributed by atoms with E-state index < -0.39 is 0 Å². The predicted molar refractivity (Wildman–Crippen MR) is 114 cm³/mol. The highest BCUT2D eigenvalue weighted by atomic mass is 16.5. The Morgan fingerprint density at radius 2 is 1.87 bits per heavy atom. The molecule has 154 valence electrons. The van der Waals surface area contributed by atoms with Gasteiger partial charge >= 0.3 is 0 Å². The van der Waals surface area contributed by atoms with Gasteiger partial charge in [0.2, 0.25) is 0 Å². The van der Waals surface area contributed by atoms with Crippen LogP contribution in [0.5, 0.6) is 0 Å². The van der Waals surface area contributed by atoms with Crippen molar-refractivity contribution in [1.29, 1.82) is 0 Å². The molecule has 0 aliphatic rings. The molecule has 31 heavy (non-hydrogen) atoms. The van der Waals surface area contributed by atoms with E-state index in [9.17, 15) is 10.0 Å². The van der Waals surface area contributed by atoms with Crippen LogP contribution >= 0.6 is 0 Å². The highest BCUT2D eigenvalue weighted by molar-refractivity contribution is 5.79. The summed E-state index contributed by atoms with van der Waals surface area (Å²) in [5.41, 5.74) is 5.86. The van der Waals surface area contributed by atoms with Crippen LogP contribution in [0, 0.1) is 13.8 Å². The van der Waals surface area contributed by atoms with Crippen molar-refractivity contribution in [3.8, 4) is 22.5 Å². The molecule has 0 saturated heterocycles. The summed E-state index contributed by atoms with van der Waals surface area (Å²) in [6.45, 7) is 3.89. The monoisotopic (exact) mass is 412 g/mol. The molecule has 0 radical (unpaired) electrons. The van der Waals surface area contributed by atoms with Crippen molar-refractivity contribution in [3.05, 3.63) is 89.8 Å². The topological polar surface area (TPSA) is 106 Å². The minimum Gasteiger partial charge on any atom is -0.427 e. The summed E-state index contributed by atoms with van der Waals surface area (Å²) >= 11 is 0. The fraction of sp³-hybridized carbons (Fsp3) is 0.130. The highest BCUT2D eigenvalue weighted by Crippen LogP contribution is 2.22. The summed E-state index contributed by atoms with van der Waals surface area (Å²) in [4.78, 5) is 33.4. The van der Waals surface area contributed by atoms with Crippen LogP contribution in [0.3, 0.4) is 0 Å². The molecule has 8 heteroatoms. The van der Waals surface area contributed by atoms with Crippen molar-refractivity contribution in [2.24, 2.45) is 4.99 Å². The van der Waals surface area contributed by atoms with E-state index in [0.29, 0.717) is 11.3 Å². The summed E-state index contributed by atoms with van der Waals surface area (Å²) in [6.07, 6.45) is 9.67. The molecule has 4 heterocycles. The van der Waals surface area contributed by atoms with E-state index >= 15 is 0 Å². The van der Waals surface area contributed by atoms with Gasteiger partial charge in [0, 0.05) is 41.6 Å². The zero-order chi connectivity index (χ0) is 21.8. The maximum Gasteiger partial charge on any atom is 0.252 e. The second-order valence-electron chi connectivity index (χ2n) is 7.09. The second kappa shape index (κ2) is 8.66. The molecule has 0 fully saturated rings. The molecule has 1 amide bonds. The van der Waals surface area contributed by atoms with Gasteiger partial charge in [0.15, 0.2) is 5.49 Å². The Labute approximate surface area is 178 Å². The Morgan fingerprint density at radius 3 is 2.58 bits per heavy atom. The number of amides is 1. The maximum absolute atomic E-state index is 12.5. The van der Waals surface area contributed by atoms with Gasteiger partial charge in [-0.05, 0) is 49.2 Å². The summed E-state index contributed by atoms with van der Waals surface area (Å²) in [5, 5.41) is 10.2. The summed E-state index contributed by atoms with van der Waals surface area (Å²) in [6, 6.07) is 9.09. The van der Waals surface area contributed by atoms with Crippen LogP contribution in [0.15, 0.2) is 72.5 Å². The van der Waals surface area contributed by atoms with Crippen molar-refractivity contribution in [3.63, 3.8) is 0 Å². The van der Waals surface area contributed by atoms with Gasteiger partial charge in [0.25, 0.3) is 5.91 Å². The van der Waals surface area contributed by atoms with E-state index in [1.165, 1.54) is 6.20 Å². The number of nitrogens with zero attached hydrogens (tertiary/aromatic N) is 6. The molecule has 4 aromatic heterocycles. The van der Waals surface area contributed by atoms with Crippen LogP contribution in [0.25, 0.3) is 22.5 Å². The normalized spacial score (nSPS) is 11.5. The molecular formula is C23H20N6O2. The molecule has 0 aliphatic carbocycles. The van der Waals surface area contributed by atoms with Crippen molar-refractivity contribution >= 4 is 5.91 Å². The molecule has 0 aliphatic heterocycles. The van der Waals surface area contributed by atoms with Crippen LogP contribution < -0.4 is 5.49 Å². The Morgan fingerprint density at radius 1 is 1.00 bits per heavy atom. The molecule has 4 aromatic rings. The largest absolute Gasteiger partial charge is 0.427 e. The van der Waals surface area contributed by atoms with Gasteiger partial charge in [-0.3, -0.25) is 24.7 Å². The molecule has 0 saturated carbocycles.